The van der Waals surface area contributed by atoms with Crippen molar-refractivity contribution in [3.63, 3.8) is 0 Å². The highest BCUT2D eigenvalue weighted by atomic mass is 35.5. The van der Waals surface area contributed by atoms with Crippen LogP contribution < -0.4 is 0 Å². The third-order valence-corrected chi connectivity index (χ3v) is 2.03. The molecule has 1 aliphatic heterocycles. The number of rotatable bonds is 0. The molecule has 0 radical (unpaired) electrons. The van der Waals surface area contributed by atoms with Gasteiger partial charge in [0.15, 0.2) is 0 Å². The molecular formula is C6H8Cl4O2. The Bertz CT molecular complexity index is 115. The average Bonchev–Trinajstić information content (AvgIpc) is 2.08. The maximum atomic E-state index is 4.99. The van der Waals surface area contributed by atoms with Gasteiger partial charge in [0, 0.05) is 0 Å². The second-order valence-corrected chi connectivity index (χ2v) is 3.64. The molecule has 0 amide bonds. The molecule has 1 fully saturated rings. The van der Waals surface area contributed by atoms with E-state index in [-0.39, 0.29) is 8.98 Å². The Morgan fingerprint density at radius 3 is 1.00 bits per heavy atom. The Hall–Kier alpha value is 0.820. The molecule has 0 aromatic rings. The van der Waals surface area contributed by atoms with Gasteiger partial charge < -0.3 is 9.47 Å². The second kappa shape index (κ2) is 8.42. The highest BCUT2D eigenvalue weighted by Crippen LogP contribution is 2.20. The average molecular weight is 254 g/mol. The fourth-order valence-electron chi connectivity index (χ4n) is 0.440. The van der Waals surface area contributed by atoms with Crippen LogP contribution in [0.3, 0.4) is 0 Å². The number of hydrogen-bond acceptors (Lipinski definition) is 2. The van der Waals surface area contributed by atoms with E-state index in [4.69, 9.17) is 55.9 Å². The summed E-state index contributed by atoms with van der Waals surface area (Å²) in [6.45, 7) is 3.11. The summed E-state index contributed by atoms with van der Waals surface area (Å²) in [5.41, 5.74) is 0. The molecule has 72 valence electrons. The first kappa shape index (κ1) is 12.8. The highest BCUT2D eigenvalue weighted by molar-refractivity contribution is 6.67. The molecule has 0 bridgehead atoms. The molecule has 1 aliphatic rings. The van der Waals surface area contributed by atoms with Gasteiger partial charge in [0.2, 0.25) is 0 Å². The lowest BCUT2D eigenvalue weighted by atomic mass is 10.6. The van der Waals surface area contributed by atoms with Crippen molar-refractivity contribution in [1.82, 2.24) is 0 Å². The Morgan fingerprint density at radius 2 is 0.917 bits per heavy atom. The lowest BCUT2D eigenvalue weighted by Gasteiger charge is -2.09. The first-order valence-corrected chi connectivity index (χ1v) is 4.67. The van der Waals surface area contributed by atoms with Gasteiger partial charge in [0.05, 0.1) is 26.4 Å². The largest absolute Gasteiger partial charge is 0.377 e. The zero-order valence-corrected chi connectivity index (χ0v) is 9.18. The molecule has 0 N–H and O–H groups in total. The van der Waals surface area contributed by atoms with Gasteiger partial charge >= 0.3 is 0 Å². The summed E-state index contributed by atoms with van der Waals surface area (Å²) < 4.78 is 9.69. The van der Waals surface area contributed by atoms with Crippen molar-refractivity contribution in [3.05, 3.63) is 8.98 Å². The minimum Gasteiger partial charge on any atom is -0.377 e. The molecule has 1 saturated heterocycles. The van der Waals surface area contributed by atoms with E-state index in [1.54, 1.807) is 0 Å². The van der Waals surface area contributed by atoms with Crippen LogP contribution in [0.1, 0.15) is 0 Å². The van der Waals surface area contributed by atoms with Crippen LogP contribution >= 0.6 is 46.4 Å². The molecule has 0 atom stereocenters. The monoisotopic (exact) mass is 252 g/mol. The van der Waals surface area contributed by atoms with E-state index in [9.17, 15) is 0 Å². The highest BCUT2D eigenvalue weighted by Gasteiger charge is 1.94. The van der Waals surface area contributed by atoms with Crippen molar-refractivity contribution >= 4 is 46.4 Å². The van der Waals surface area contributed by atoms with E-state index in [1.807, 2.05) is 0 Å². The van der Waals surface area contributed by atoms with Crippen LogP contribution in [0.2, 0.25) is 0 Å². The SMILES string of the molecule is C1COCCO1.ClC(Cl)=C(Cl)Cl. The van der Waals surface area contributed by atoms with Crippen LogP contribution in [0.25, 0.3) is 0 Å². The zero-order chi connectivity index (χ0) is 9.40. The van der Waals surface area contributed by atoms with Crippen LogP contribution in [0.15, 0.2) is 8.98 Å². The first-order valence-electron chi connectivity index (χ1n) is 3.16. The van der Waals surface area contributed by atoms with Gasteiger partial charge in [-0.25, -0.2) is 0 Å². The van der Waals surface area contributed by atoms with Crippen LogP contribution in [0, 0.1) is 0 Å². The van der Waals surface area contributed by atoms with Gasteiger partial charge in [-0.05, 0) is 0 Å². The molecule has 1 rings (SSSR count). The van der Waals surface area contributed by atoms with Crippen LogP contribution in [0.5, 0.6) is 0 Å². The molecule has 12 heavy (non-hydrogen) atoms. The number of halogens is 4. The van der Waals surface area contributed by atoms with Gasteiger partial charge in [0.25, 0.3) is 0 Å². The summed E-state index contributed by atoms with van der Waals surface area (Å²) >= 11 is 20.0. The first-order chi connectivity index (χ1) is 5.64. The summed E-state index contributed by atoms with van der Waals surface area (Å²) in [6.07, 6.45) is 0. The van der Waals surface area contributed by atoms with Gasteiger partial charge in [-0.15, -0.1) is 0 Å². The number of ether oxygens (including phenoxy) is 2. The fraction of sp³-hybridized carbons (Fsp3) is 0.667. The Kier molecular flexibility index (Phi) is 9.00. The van der Waals surface area contributed by atoms with Crippen molar-refractivity contribution in [2.75, 3.05) is 26.4 Å². The lowest BCUT2D eigenvalue weighted by molar-refractivity contribution is -0.0334. The van der Waals surface area contributed by atoms with E-state index in [2.05, 4.69) is 0 Å². The van der Waals surface area contributed by atoms with Crippen molar-refractivity contribution < 1.29 is 9.47 Å². The molecular weight excluding hydrogens is 246 g/mol. The molecule has 0 aromatic carbocycles. The molecule has 1 heterocycles. The molecule has 0 spiro atoms. The summed E-state index contributed by atoms with van der Waals surface area (Å²) in [5, 5.41) is 0. The van der Waals surface area contributed by atoms with E-state index >= 15 is 0 Å². The normalized spacial score (nSPS) is 16.0. The number of hydrogen-bond donors (Lipinski definition) is 0. The van der Waals surface area contributed by atoms with Crippen molar-refractivity contribution in [3.8, 4) is 0 Å². The summed E-state index contributed by atoms with van der Waals surface area (Å²) in [6, 6.07) is 0. The minimum absolute atomic E-state index is 0.0988. The van der Waals surface area contributed by atoms with E-state index in [1.165, 1.54) is 0 Å². The van der Waals surface area contributed by atoms with Crippen molar-refractivity contribution in [2.24, 2.45) is 0 Å². The lowest BCUT2D eigenvalue weighted by Crippen LogP contribution is -2.16. The Labute approximate surface area is 91.3 Å². The van der Waals surface area contributed by atoms with Gasteiger partial charge in [-0.1, -0.05) is 46.4 Å². The van der Waals surface area contributed by atoms with Gasteiger partial charge in [-0.3, -0.25) is 0 Å². The smallest absolute Gasteiger partial charge is 0.136 e. The van der Waals surface area contributed by atoms with Gasteiger partial charge in [-0.2, -0.15) is 0 Å². The third kappa shape index (κ3) is 8.91. The van der Waals surface area contributed by atoms with Crippen molar-refractivity contribution in [1.29, 1.82) is 0 Å². The Morgan fingerprint density at radius 1 is 0.667 bits per heavy atom. The van der Waals surface area contributed by atoms with E-state index < -0.39 is 0 Å². The fourth-order valence-corrected chi connectivity index (χ4v) is 0.440. The molecule has 0 saturated carbocycles. The predicted molar refractivity (Wildman–Crippen MR) is 52.1 cm³/mol. The summed E-state index contributed by atoms with van der Waals surface area (Å²) in [7, 11) is 0. The predicted octanol–water partition coefficient (Wildman–Crippen LogP) is 3.10. The minimum atomic E-state index is -0.0988. The molecule has 6 heteroatoms. The zero-order valence-electron chi connectivity index (χ0n) is 6.16. The molecule has 0 aromatic heterocycles. The summed E-state index contributed by atoms with van der Waals surface area (Å²) in [5.74, 6) is 0. The van der Waals surface area contributed by atoms with E-state index in [0.717, 1.165) is 26.4 Å². The second-order valence-electron chi connectivity index (χ2n) is 1.75. The maximum Gasteiger partial charge on any atom is 0.136 e. The molecule has 0 aliphatic carbocycles. The molecule has 2 nitrogen and oxygen atoms in total. The summed E-state index contributed by atoms with van der Waals surface area (Å²) in [4.78, 5) is 0. The standard InChI is InChI=1S/C4H8O2.C2Cl4/c1-2-6-4-3-5-1;3-1(4)2(5)6/h1-4H2;. The maximum absolute atomic E-state index is 4.99. The third-order valence-electron chi connectivity index (χ3n) is 0.887. The van der Waals surface area contributed by atoms with Crippen molar-refractivity contribution in [2.45, 2.75) is 0 Å². The molecule has 0 unspecified atom stereocenters. The van der Waals surface area contributed by atoms with E-state index in [0.29, 0.717) is 0 Å². The van der Waals surface area contributed by atoms with Crippen LogP contribution in [0.4, 0.5) is 0 Å². The van der Waals surface area contributed by atoms with Crippen LogP contribution in [-0.4, -0.2) is 26.4 Å². The van der Waals surface area contributed by atoms with Crippen LogP contribution in [-0.2, 0) is 9.47 Å². The van der Waals surface area contributed by atoms with Gasteiger partial charge in [0.1, 0.15) is 8.98 Å². The quantitative estimate of drug-likeness (QED) is 0.661. The topological polar surface area (TPSA) is 18.5 Å². The Balaban J connectivity index is 0.000000202.